The van der Waals surface area contributed by atoms with Gasteiger partial charge in [0.05, 0.1) is 11.7 Å². The number of nitrogens with zero attached hydrogens (tertiary/aromatic N) is 4. The molecule has 0 radical (unpaired) electrons. The van der Waals surface area contributed by atoms with E-state index in [0.717, 1.165) is 5.92 Å². The topological polar surface area (TPSA) is 63.8 Å². The summed E-state index contributed by atoms with van der Waals surface area (Å²) in [5.74, 6) is 0.776. The Morgan fingerprint density at radius 3 is 2.75 bits per heavy atom. The van der Waals surface area contributed by atoms with Crippen molar-refractivity contribution in [1.29, 1.82) is 0 Å². The van der Waals surface area contributed by atoms with Crippen molar-refractivity contribution in [2.75, 3.05) is 0 Å². The molecule has 0 aliphatic heterocycles. The van der Waals surface area contributed by atoms with Gasteiger partial charge in [-0.2, -0.15) is 15.1 Å². The monoisotopic (exact) mass is 236 g/mol. The van der Waals surface area contributed by atoms with Crippen LogP contribution in [0.5, 0.6) is 5.88 Å². The maximum atomic E-state index is 9.65. The van der Waals surface area contributed by atoms with Crippen molar-refractivity contribution in [2.45, 2.75) is 24.8 Å². The smallest absolute Gasteiger partial charge is 0.227 e. The minimum Gasteiger partial charge on any atom is -0.493 e. The minimum atomic E-state index is -0.0900. The molecule has 2 heterocycles. The molecule has 6 heteroatoms. The van der Waals surface area contributed by atoms with Gasteiger partial charge in [-0.05, 0) is 36.8 Å². The normalized spacial score (nSPS) is 31.2. The Morgan fingerprint density at radius 1 is 1.38 bits per heavy atom. The highest BCUT2D eigenvalue weighted by Crippen LogP contribution is 2.62. The average Bonchev–Trinajstić information content (AvgIpc) is 2.44. The van der Waals surface area contributed by atoms with Crippen LogP contribution < -0.4 is 0 Å². The van der Waals surface area contributed by atoms with Gasteiger partial charge in [-0.3, -0.25) is 0 Å². The van der Waals surface area contributed by atoms with Crippen molar-refractivity contribution >= 4 is 22.6 Å². The second-order valence-electron chi connectivity index (χ2n) is 4.81. The third-order valence-electron chi connectivity index (χ3n) is 3.84. The van der Waals surface area contributed by atoms with Crippen molar-refractivity contribution in [3.05, 3.63) is 11.5 Å². The van der Waals surface area contributed by atoms with Crippen LogP contribution >= 0.6 is 11.6 Å². The maximum absolute atomic E-state index is 9.65. The maximum Gasteiger partial charge on any atom is 0.227 e. The van der Waals surface area contributed by atoms with E-state index in [1.807, 2.05) is 4.68 Å². The predicted octanol–water partition coefficient (Wildman–Crippen LogP) is 1.69. The molecule has 0 amide bonds. The van der Waals surface area contributed by atoms with Crippen LogP contribution in [0.3, 0.4) is 0 Å². The number of hydrogen-bond donors (Lipinski definition) is 1. The Morgan fingerprint density at radius 2 is 2.12 bits per heavy atom. The van der Waals surface area contributed by atoms with Gasteiger partial charge in [0.15, 0.2) is 5.65 Å². The summed E-state index contributed by atoms with van der Waals surface area (Å²) in [6.07, 6.45) is 5.13. The molecule has 0 aromatic carbocycles. The van der Waals surface area contributed by atoms with Crippen LogP contribution in [-0.4, -0.2) is 24.9 Å². The van der Waals surface area contributed by atoms with Crippen LogP contribution in [-0.2, 0) is 5.54 Å². The lowest BCUT2D eigenvalue weighted by molar-refractivity contribution is -0.0948. The molecule has 0 spiro atoms. The summed E-state index contributed by atoms with van der Waals surface area (Å²) in [7, 11) is 0. The summed E-state index contributed by atoms with van der Waals surface area (Å²) < 4.78 is 1.91. The van der Waals surface area contributed by atoms with Crippen LogP contribution in [0.1, 0.15) is 19.3 Å². The van der Waals surface area contributed by atoms with Gasteiger partial charge in [0.1, 0.15) is 5.39 Å². The molecule has 3 aliphatic rings. The second kappa shape index (κ2) is 2.48. The molecule has 2 aromatic heterocycles. The zero-order valence-electron chi connectivity index (χ0n) is 8.39. The van der Waals surface area contributed by atoms with Crippen LogP contribution in [0.15, 0.2) is 6.20 Å². The average molecular weight is 237 g/mol. The van der Waals surface area contributed by atoms with Gasteiger partial charge in [-0.1, -0.05) is 0 Å². The fraction of sp³-hybridized carbons (Fsp3) is 0.500. The number of aromatic nitrogens is 4. The molecule has 0 unspecified atom stereocenters. The zero-order valence-corrected chi connectivity index (χ0v) is 9.15. The van der Waals surface area contributed by atoms with E-state index in [0.29, 0.717) is 11.0 Å². The van der Waals surface area contributed by atoms with Crippen LogP contribution in [0.4, 0.5) is 0 Å². The van der Waals surface area contributed by atoms with E-state index in [1.165, 1.54) is 19.3 Å². The molecule has 3 aliphatic carbocycles. The van der Waals surface area contributed by atoms with E-state index in [1.54, 1.807) is 6.20 Å². The summed E-state index contributed by atoms with van der Waals surface area (Å²) in [5, 5.41) is 14.6. The highest BCUT2D eigenvalue weighted by atomic mass is 35.5. The summed E-state index contributed by atoms with van der Waals surface area (Å²) in [6, 6.07) is 0. The van der Waals surface area contributed by atoms with Gasteiger partial charge in [-0.25, -0.2) is 4.68 Å². The first-order valence-electron chi connectivity index (χ1n) is 5.29. The van der Waals surface area contributed by atoms with E-state index >= 15 is 0 Å². The third-order valence-corrected chi connectivity index (χ3v) is 4.01. The molecule has 3 saturated carbocycles. The summed E-state index contributed by atoms with van der Waals surface area (Å²) in [4.78, 5) is 7.87. The molecule has 1 N–H and O–H groups in total. The van der Waals surface area contributed by atoms with Gasteiger partial charge in [0, 0.05) is 0 Å². The molecule has 3 fully saturated rings. The van der Waals surface area contributed by atoms with Crippen molar-refractivity contribution in [1.82, 2.24) is 19.7 Å². The summed E-state index contributed by atoms with van der Waals surface area (Å²) in [5.41, 5.74) is 0.798. The molecular formula is C10H9ClN4O. The fourth-order valence-electron chi connectivity index (χ4n) is 2.91. The van der Waals surface area contributed by atoms with E-state index in [2.05, 4.69) is 15.1 Å². The Balaban J connectivity index is 1.99. The Labute approximate surface area is 96.1 Å². The molecule has 5 rings (SSSR count). The van der Waals surface area contributed by atoms with Crippen molar-refractivity contribution < 1.29 is 5.11 Å². The van der Waals surface area contributed by atoms with Crippen molar-refractivity contribution in [3.63, 3.8) is 0 Å². The lowest BCUT2D eigenvalue weighted by Crippen LogP contribution is -2.59. The van der Waals surface area contributed by atoms with E-state index in [9.17, 15) is 5.11 Å². The van der Waals surface area contributed by atoms with Gasteiger partial charge in [-0.15, -0.1) is 0 Å². The van der Waals surface area contributed by atoms with E-state index < -0.39 is 0 Å². The SMILES string of the molecule is Oc1nc(Cl)nc2c1cnn2C12CC(C1)C2. The highest BCUT2D eigenvalue weighted by Gasteiger charge is 2.59. The molecule has 0 saturated heterocycles. The molecule has 0 atom stereocenters. The highest BCUT2D eigenvalue weighted by molar-refractivity contribution is 6.28. The van der Waals surface area contributed by atoms with Gasteiger partial charge < -0.3 is 5.11 Å². The van der Waals surface area contributed by atoms with Crippen LogP contribution in [0, 0.1) is 5.92 Å². The van der Waals surface area contributed by atoms with Crippen LogP contribution in [0.25, 0.3) is 11.0 Å². The molecule has 16 heavy (non-hydrogen) atoms. The lowest BCUT2D eigenvalue weighted by atomic mass is 9.50. The Hall–Kier alpha value is -1.36. The predicted molar refractivity (Wildman–Crippen MR) is 57.3 cm³/mol. The van der Waals surface area contributed by atoms with Crippen molar-refractivity contribution in [3.8, 4) is 5.88 Å². The Kier molecular flexibility index (Phi) is 1.36. The first kappa shape index (κ1) is 8.75. The number of hydrogen-bond acceptors (Lipinski definition) is 4. The summed E-state index contributed by atoms with van der Waals surface area (Å²) in [6.45, 7) is 0. The standard InChI is InChI=1S/C10H9ClN4O/c11-9-13-7-6(8(16)14-9)4-12-15(7)10-1-5(2-10)3-10/h4-5H,1-3H2,(H,13,14,16). The van der Waals surface area contributed by atoms with Gasteiger partial charge >= 0.3 is 0 Å². The number of aromatic hydroxyl groups is 1. The minimum absolute atomic E-state index is 0.0679. The van der Waals surface area contributed by atoms with Gasteiger partial charge in [0.2, 0.25) is 11.2 Å². The first-order valence-corrected chi connectivity index (χ1v) is 5.66. The van der Waals surface area contributed by atoms with E-state index in [4.69, 9.17) is 11.6 Å². The summed E-state index contributed by atoms with van der Waals surface area (Å²) >= 11 is 5.75. The molecule has 2 aromatic rings. The molecular weight excluding hydrogens is 228 g/mol. The largest absolute Gasteiger partial charge is 0.493 e. The lowest BCUT2D eigenvalue weighted by Gasteiger charge is -2.61. The molecule has 2 bridgehead atoms. The third kappa shape index (κ3) is 0.859. The Bertz CT molecular complexity index is 591. The second-order valence-corrected chi connectivity index (χ2v) is 5.15. The van der Waals surface area contributed by atoms with Gasteiger partial charge in [0.25, 0.3) is 0 Å². The first-order chi connectivity index (χ1) is 7.68. The van der Waals surface area contributed by atoms with Crippen LogP contribution in [0.2, 0.25) is 5.28 Å². The zero-order chi connectivity index (χ0) is 10.9. The van der Waals surface area contributed by atoms with Crippen molar-refractivity contribution in [2.24, 2.45) is 5.92 Å². The quantitative estimate of drug-likeness (QED) is 0.766. The number of rotatable bonds is 1. The number of fused-ring (bicyclic) bond motifs is 1. The molecule has 82 valence electrons. The molecule has 5 nitrogen and oxygen atoms in total. The van der Waals surface area contributed by atoms with E-state index in [-0.39, 0.29) is 16.7 Å². The number of halogens is 1. The fourth-order valence-corrected chi connectivity index (χ4v) is 3.07.